The number of piperazine rings is 1. The van der Waals surface area contributed by atoms with Gasteiger partial charge in [-0.15, -0.1) is 0 Å². The van der Waals surface area contributed by atoms with Crippen LogP contribution >= 0.6 is 0 Å². The zero-order chi connectivity index (χ0) is 7.68. The van der Waals surface area contributed by atoms with E-state index in [1.165, 1.54) is 18.2 Å². The molecule has 0 radical (unpaired) electrons. The van der Waals surface area contributed by atoms with Crippen molar-refractivity contribution >= 4 is 0 Å². The molecule has 2 fully saturated rings. The van der Waals surface area contributed by atoms with Crippen molar-refractivity contribution in [2.24, 2.45) is 0 Å². The highest BCUT2D eigenvalue weighted by Crippen LogP contribution is 2.09. The average molecular weight is 156 g/mol. The van der Waals surface area contributed by atoms with Crippen molar-refractivity contribution in [3.05, 3.63) is 5.21 Å². The van der Waals surface area contributed by atoms with Crippen LogP contribution < -0.4 is 5.32 Å². The maximum absolute atomic E-state index is 11.2. The first-order valence-corrected chi connectivity index (χ1v) is 4.23. The molecule has 1 atom stereocenters. The Morgan fingerprint density at radius 2 is 2.18 bits per heavy atom. The molecule has 0 aromatic rings. The summed E-state index contributed by atoms with van der Waals surface area (Å²) < 4.78 is 0. The molecule has 2 rings (SSSR count). The van der Waals surface area contributed by atoms with Gasteiger partial charge < -0.3 is 15.6 Å². The van der Waals surface area contributed by atoms with Crippen LogP contribution in [0, 0.1) is 5.21 Å². The smallest absolute Gasteiger partial charge is 0.0231 e. The van der Waals surface area contributed by atoms with Crippen molar-refractivity contribution in [3.63, 3.8) is 0 Å². The molecule has 0 amide bonds. The molecule has 2 aliphatic rings. The van der Waals surface area contributed by atoms with Crippen molar-refractivity contribution < 1.29 is 0 Å². The molecule has 1 unspecified atom stereocenters. The molecule has 2 aliphatic heterocycles. The van der Waals surface area contributed by atoms with E-state index in [2.05, 4.69) is 10.2 Å². The second-order valence-electron chi connectivity index (χ2n) is 3.30. The molecule has 4 heteroatoms. The van der Waals surface area contributed by atoms with Gasteiger partial charge in [-0.05, 0) is 6.54 Å². The number of hydrogen-bond acceptors (Lipinski definition) is 4. The fourth-order valence-corrected chi connectivity index (χ4v) is 1.45. The Hall–Kier alpha value is -0.160. The molecule has 1 N–H and O–H groups in total. The molecule has 64 valence electrons. The van der Waals surface area contributed by atoms with Gasteiger partial charge in [0.25, 0.3) is 0 Å². The first-order valence-electron chi connectivity index (χ1n) is 4.23. The van der Waals surface area contributed by atoms with Crippen LogP contribution in [0.3, 0.4) is 0 Å². The molecule has 0 aliphatic carbocycles. The normalized spacial score (nSPS) is 34.1. The summed E-state index contributed by atoms with van der Waals surface area (Å²) in [5.74, 6) is 0. The van der Waals surface area contributed by atoms with Gasteiger partial charge in [0.15, 0.2) is 0 Å². The molecule has 0 saturated carbocycles. The minimum Gasteiger partial charge on any atom is -0.785 e. The van der Waals surface area contributed by atoms with Gasteiger partial charge in [-0.1, -0.05) is 0 Å². The standard InChI is InChI=1S/C7H14N3O/c11-10-2-1-8-5-7(10)6-9-3-4-9/h7-8H,1-6H2/q-1. The third-order valence-electron chi connectivity index (χ3n) is 2.30. The van der Waals surface area contributed by atoms with Gasteiger partial charge in [-0.25, -0.2) is 0 Å². The summed E-state index contributed by atoms with van der Waals surface area (Å²) in [6, 6.07) is 0.200. The predicted molar refractivity (Wildman–Crippen MR) is 43.2 cm³/mol. The van der Waals surface area contributed by atoms with Crippen LogP contribution in [0.5, 0.6) is 0 Å². The summed E-state index contributed by atoms with van der Waals surface area (Å²) >= 11 is 0. The van der Waals surface area contributed by atoms with Crippen LogP contribution in [-0.2, 0) is 0 Å². The SMILES string of the molecule is [O-]N1CCNCC1CN1CC1. The average Bonchev–Trinajstić information content (AvgIpc) is 2.78. The highest BCUT2D eigenvalue weighted by atomic mass is 16.5. The lowest BCUT2D eigenvalue weighted by molar-refractivity contribution is 0.206. The Balaban J connectivity index is 1.78. The van der Waals surface area contributed by atoms with Gasteiger partial charge >= 0.3 is 0 Å². The van der Waals surface area contributed by atoms with Crippen LogP contribution in [0.25, 0.3) is 0 Å². The summed E-state index contributed by atoms with van der Waals surface area (Å²) in [5.41, 5.74) is 0. The van der Waals surface area contributed by atoms with Crippen molar-refractivity contribution in [2.45, 2.75) is 6.04 Å². The molecule has 2 saturated heterocycles. The van der Waals surface area contributed by atoms with E-state index in [4.69, 9.17) is 0 Å². The Kier molecular flexibility index (Phi) is 2.09. The highest BCUT2D eigenvalue weighted by Gasteiger charge is 2.23. The largest absolute Gasteiger partial charge is 0.785 e. The molecule has 4 nitrogen and oxygen atoms in total. The van der Waals surface area contributed by atoms with Crippen LogP contribution in [0.4, 0.5) is 0 Å². The van der Waals surface area contributed by atoms with Crippen LogP contribution in [-0.4, -0.2) is 55.3 Å². The van der Waals surface area contributed by atoms with Gasteiger partial charge in [0, 0.05) is 38.8 Å². The highest BCUT2D eigenvalue weighted by molar-refractivity contribution is 4.86. The summed E-state index contributed by atoms with van der Waals surface area (Å²) in [7, 11) is 0. The molecular formula is C7H14N3O-. The second kappa shape index (κ2) is 3.06. The molecular weight excluding hydrogens is 142 g/mol. The molecule has 0 bridgehead atoms. The van der Waals surface area contributed by atoms with E-state index in [1.807, 2.05) is 0 Å². The topological polar surface area (TPSA) is 41.3 Å². The number of nitrogens with zero attached hydrogens (tertiary/aromatic N) is 2. The van der Waals surface area contributed by atoms with Gasteiger partial charge in [0.05, 0.1) is 0 Å². The summed E-state index contributed by atoms with van der Waals surface area (Å²) in [5, 5.41) is 15.7. The van der Waals surface area contributed by atoms with Crippen molar-refractivity contribution in [1.82, 2.24) is 15.3 Å². The Morgan fingerprint density at radius 1 is 1.36 bits per heavy atom. The van der Waals surface area contributed by atoms with E-state index in [9.17, 15) is 5.21 Å². The molecule has 11 heavy (non-hydrogen) atoms. The zero-order valence-corrected chi connectivity index (χ0v) is 6.62. The summed E-state index contributed by atoms with van der Waals surface area (Å²) in [6.45, 7) is 5.68. The third kappa shape index (κ3) is 1.90. The second-order valence-corrected chi connectivity index (χ2v) is 3.30. The van der Waals surface area contributed by atoms with Crippen molar-refractivity contribution in [1.29, 1.82) is 0 Å². The Morgan fingerprint density at radius 3 is 2.82 bits per heavy atom. The van der Waals surface area contributed by atoms with E-state index >= 15 is 0 Å². The Labute approximate surface area is 66.7 Å². The third-order valence-corrected chi connectivity index (χ3v) is 2.30. The maximum atomic E-state index is 11.2. The van der Waals surface area contributed by atoms with Gasteiger partial charge in [0.1, 0.15) is 0 Å². The molecule has 2 heterocycles. The van der Waals surface area contributed by atoms with Crippen LogP contribution in [0.15, 0.2) is 0 Å². The fourth-order valence-electron chi connectivity index (χ4n) is 1.45. The van der Waals surface area contributed by atoms with Crippen LogP contribution in [0.1, 0.15) is 0 Å². The van der Waals surface area contributed by atoms with E-state index in [-0.39, 0.29) is 6.04 Å². The number of nitrogens with one attached hydrogen (secondary N) is 1. The lowest BCUT2D eigenvalue weighted by Crippen LogP contribution is -2.51. The van der Waals surface area contributed by atoms with Gasteiger partial charge in [0.2, 0.25) is 0 Å². The lowest BCUT2D eigenvalue weighted by atomic mass is 10.2. The number of hydroxylamine groups is 2. The monoisotopic (exact) mass is 156 g/mol. The lowest BCUT2D eigenvalue weighted by Gasteiger charge is -2.41. The van der Waals surface area contributed by atoms with E-state index in [1.54, 1.807) is 0 Å². The Bertz CT molecular complexity index is 138. The van der Waals surface area contributed by atoms with E-state index in [0.717, 1.165) is 19.6 Å². The molecule has 0 aromatic carbocycles. The minimum atomic E-state index is 0.200. The maximum Gasteiger partial charge on any atom is 0.0231 e. The van der Waals surface area contributed by atoms with Crippen molar-refractivity contribution in [3.8, 4) is 0 Å². The zero-order valence-electron chi connectivity index (χ0n) is 6.62. The summed E-state index contributed by atoms with van der Waals surface area (Å²) in [4.78, 5) is 2.29. The quantitative estimate of drug-likeness (QED) is 0.525. The molecule has 0 aromatic heterocycles. The van der Waals surface area contributed by atoms with E-state index < -0.39 is 0 Å². The van der Waals surface area contributed by atoms with Gasteiger partial charge in [-0.3, -0.25) is 4.90 Å². The first-order chi connectivity index (χ1) is 5.36. The summed E-state index contributed by atoms with van der Waals surface area (Å²) in [6.07, 6.45) is 0. The van der Waals surface area contributed by atoms with Crippen LogP contribution in [0.2, 0.25) is 0 Å². The number of hydrogen-bond donors (Lipinski definition) is 1. The van der Waals surface area contributed by atoms with Crippen molar-refractivity contribution in [2.75, 3.05) is 39.3 Å². The van der Waals surface area contributed by atoms with E-state index in [0.29, 0.717) is 6.54 Å². The molecule has 0 spiro atoms. The fraction of sp³-hybridized carbons (Fsp3) is 1.00. The number of rotatable bonds is 2. The predicted octanol–water partition coefficient (Wildman–Crippen LogP) is -0.926. The first kappa shape index (κ1) is 7.49. The minimum absolute atomic E-state index is 0.200. The van der Waals surface area contributed by atoms with Gasteiger partial charge in [-0.2, -0.15) is 0 Å².